The lowest BCUT2D eigenvalue weighted by Gasteiger charge is -2.23. The molecule has 0 spiro atoms. The third-order valence-corrected chi connectivity index (χ3v) is 5.32. The maximum absolute atomic E-state index is 14.3. The topological polar surface area (TPSA) is 92.4 Å². The highest BCUT2D eigenvalue weighted by molar-refractivity contribution is 5.83. The quantitative estimate of drug-likeness (QED) is 0.498. The number of amides is 2. The van der Waals surface area contributed by atoms with Gasteiger partial charge in [0.15, 0.2) is 5.67 Å². The van der Waals surface area contributed by atoms with Gasteiger partial charge in [0, 0.05) is 12.5 Å². The molecule has 0 heterocycles. The molecule has 2 amide bonds. The largest absolute Gasteiger partial charge is 0.393 e. The van der Waals surface area contributed by atoms with E-state index in [1.807, 2.05) is 60.7 Å². The number of hydrogen-bond acceptors (Lipinski definition) is 3. The average molecular weight is 415 g/mol. The number of primary amides is 1. The van der Waals surface area contributed by atoms with Crippen molar-refractivity contribution < 1.29 is 19.1 Å². The van der Waals surface area contributed by atoms with Crippen molar-refractivity contribution in [3.05, 3.63) is 71.8 Å². The van der Waals surface area contributed by atoms with Crippen LogP contribution in [-0.2, 0) is 22.6 Å². The van der Waals surface area contributed by atoms with E-state index in [1.165, 1.54) is 0 Å². The summed E-state index contributed by atoms with van der Waals surface area (Å²) < 4.78 is 14.3. The molecule has 1 unspecified atom stereocenters. The Kier molecular flexibility index (Phi) is 8.99. The number of aliphatic hydroxyl groups is 1. The van der Waals surface area contributed by atoms with Gasteiger partial charge in [-0.2, -0.15) is 0 Å². The second-order valence-electron chi connectivity index (χ2n) is 7.91. The van der Waals surface area contributed by atoms with E-state index in [0.29, 0.717) is 19.4 Å². The third-order valence-electron chi connectivity index (χ3n) is 5.32. The summed E-state index contributed by atoms with van der Waals surface area (Å²) in [5.74, 6) is -1.93. The first kappa shape index (κ1) is 23.5. The summed E-state index contributed by atoms with van der Waals surface area (Å²) in [7, 11) is 0. The van der Waals surface area contributed by atoms with E-state index in [1.54, 1.807) is 0 Å². The average Bonchev–Trinajstić information content (AvgIpc) is 2.74. The van der Waals surface area contributed by atoms with Gasteiger partial charge in [0.1, 0.15) is 0 Å². The Morgan fingerprint density at radius 2 is 1.60 bits per heavy atom. The molecule has 0 bridgehead atoms. The van der Waals surface area contributed by atoms with Crippen molar-refractivity contribution in [1.82, 2.24) is 5.32 Å². The second kappa shape index (κ2) is 11.5. The number of carbonyl (C=O) groups excluding carboxylic acids is 2. The van der Waals surface area contributed by atoms with Gasteiger partial charge in [0.05, 0.1) is 6.10 Å². The van der Waals surface area contributed by atoms with Crippen LogP contribution in [0.1, 0.15) is 43.7 Å². The van der Waals surface area contributed by atoms with E-state index in [4.69, 9.17) is 5.73 Å². The van der Waals surface area contributed by atoms with Crippen molar-refractivity contribution in [2.75, 3.05) is 0 Å². The summed E-state index contributed by atoms with van der Waals surface area (Å²) >= 11 is 0. The summed E-state index contributed by atoms with van der Waals surface area (Å²) in [5, 5.41) is 13.3. The number of halogens is 1. The lowest BCUT2D eigenvalue weighted by atomic mass is 9.88. The zero-order valence-electron chi connectivity index (χ0n) is 17.4. The minimum absolute atomic E-state index is 0.124. The predicted molar refractivity (Wildman–Crippen MR) is 115 cm³/mol. The molecule has 0 radical (unpaired) electrons. The first-order valence-corrected chi connectivity index (χ1v) is 10.3. The Bertz CT molecular complexity index is 797. The molecule has 162 valence electrons. The van der Waals surface area contributed by atoms with Crippen LogP contribution in [0.15, 0.2) is 60.7 Å². The van der Waals surface area contributed by atoms with Gasteiger partial charge >= 0.3 is 0 Å². The van der Waals surface area contributed by atoms with Crippen molar-refractivity contribution >= 4 is 11.8 Å². The molecule has 0 saturated heterocycles. The maximum Gasteiger partial charge on any atom is 0.254 e. The van der Waals surface area contributed by atoms with Gasteiger partial charge < -0.3 is 16.2 Å². The van der Waals surface area contributed by atoms with Crippen molar-refractivity contribution in [2.45, 2.75) is 57.3 Å². The monoisotopic (exact) mass is 414 g/mol. The van der Waals surface area contributed by atoms with Crippen LogP contribution >= 0.6 is 0 Å². The summed E-state index contributed by atoms with van der Waals surface area (Å²) in [6.07, 6.45) is 0.618. The predicted octanol–water partition coefficient (Wildman–Crippen LogP) is 3.30. The standard InChI is InChI=1S/C24H31FN2O3/c1-24(25,23(26)30)15-14-20(22(29)27-17-19-10-6-3-7-11-19)16-21(28)13-12-18-8-4-2-5-9-18/h2-11,20-21,28H,12-17H2,1H3,(H2,26,30)(H,27,29)/t20-,21+,24?/m1/s1. The maximum atomic E-state index is 14.3. The van der Waals surface area contributed by atoms with Crippen molar-refractivity contribution in [2.24, 2.45) is 11.7 Å². The minimum atomic E-state index is -2.19. The van der Waals surface area contributed by atoms with Crippen LogP contribution in [0.25, 0.3) is 0 Å². The van der Waals surface area contributed by atoms with E-state index in [2.05, 4.69) is 5.32 Å². The zero-order valence-corrected chi connectivity index (χ0v) is 17.4. The number of aliphatic hydroxyl groups excluding tert-OH is 1. The number of hydrogen-bond donors (Lipinski definition) is 3. The van der Waals surface area contributed by atoms with Crippen LogP contribution in [0.3, 0.4) is 0 Å². The fourth-order valence-corrected chi connectivity index (χ4v) is 3.28. The van der Waals surface area contributed by atoms with E-state index in [0.717, 1.165) is 18.1 Å². The Morgan fingerprint density at radius 1 is 1.03 bits per heavy atom. The van der Waals surface area contributed by atoms with E-state index in [9.17, 15) is 19.1 Å². The minimum Gasteiger partial charge on any atom is -0.393 e. The van der Waals surface area contributed by atoms with Gasteiger partial charge in [-0.15, -0.1) is 0 Å². The van der Waals surface area contributed by atoms with Crippen molar-refractivity contribution in [3.8, 4) is 0 Å². The van der Waals surface area contributed by atoms with Gasteiger partial charge in [-0.25, -0.2) is 4.39 Å². The third kappa shape index (κ3) is 7.95. The second-order valence-corrected chi connectivity index (χ2v) is 7.91. The molecule has 0 saturated carbocycles. The van der Waals surface area contributed by atoms with Crippen LogP contribution in [-0.4, -0.2) is 28.7 Å². The summed E-state index contributed by atoms with van der Waals surface area (Å²) in [5.41, 5.74) is 4.98. The molecule has 2 aromatic rings. The Morgan fingerprint density at radius 3 is 2.17 bits per heavy atom. The molecule has 3 atom stereocenters. The fraction of sp³-hybridized carbons (Fsp3) is 0.417. The lowest BCUT2D eigenvalue weighted by molar-refractivity contribution is -0.131. The normalized spacial score (nSPS) is 15.0. The number of aryl methyl sites for hydroxylation is 1. The first-order chi connectivity index (χ1) is 14.3. The van der Waals surface area contributed by atoms with Crippen molar-refractivity contribution in [3.63, 3.8) is 0 Å². The van der Waals surface area contributed by atoms with E-state index in [-0.39, 0.29) is 25.2 Å². The van der Waals surface area contributed by atoms with Crippen LogP contribution < -0.4 is 11.1 Å². The Labute approximate surface area is 177 Å². The highest BCUT2D eigenvalue weighted by Gasteiger charge is 2.33. The molecule has 0 aliphatic carbocycles. The van der Waals surface area contributed by atoms with Gasteiger partial charge in [0.25, 0.3) is 5.91 Å². The first-order valence-electron chi connectivity index (χ1n) is 10.3. The SMILES string of the molecule is CC(F)(CC[C@H](C[C@@H](O)CCc1ccccc1)C(=O)NCc1ccccc1)C(N)=O. The number of carbonyl (C=O) groups is 2. The van der Waals surface area contributed by atoms with Crippen molar-refractivity contribution in [1.29, 1.82) is 0 Å². The highest BCUT2D eigenvalue weighted by atomic mass is 19.1. The number of rotatable bonds is 12. The smallest absolute Gasteiger partial charge is 0.254 e. The number of nitrogens with one attached hydrogen (secondary N) is 1. The van der Waals surface area contributed by atoms with Gasteiger partial charge in [-0.1, -0.05) is 60.7 Å². The Hall–Kier alpha value is -2.73. The van der Waals surface area contributed by atoms with Crippen LogP contribution in [0.2, 0.25) is 0 Å². The molecular weight excluding hydrogens is 383 g/mol. The number of benzene rings is 2. The molecule has 0 fully saturated rings. The molecule has 30 heavy (non-hydrogen) atoms. The molecule has 2 rings (SSSR count). The summed E-state index contributed by atoms with van der Waals surface area (Å²) in [6.45, 7) is 1.47. The molecular formula is C24H31FN2O3. The highest BCUT2D eigenvalue weighted by Crippen LogP contribution is 2.24. The molecule has 4 N–H and O–H groups in total. The fourth-order valence-electron chi connectivity index (χ4n) is 3.28. The molecule has 2 aromatic carbocycles. The van der Waals surface area contributed by atoms with Gasteiger partial charge in [-0.3, -0.25) is 9.59 Å². The van der Waals surface area contributed by atoms with E-state index >= 15 is 0 Å². The molecule has 0 aliphatic heterocycles. The van der Waals surface area contributed by atoms with Crippen LogP contribution in [0, 0.1) is 5.92 Å². The van der Waals surface area contributed by atoms with Crippen LogP contribution in [0.4, 0.5) is 4.39 Å². The van der Waals surface area contributed by atoms with Gasteiger partial charge in [0.2, 0.25) is 5.91 Å². The molecule has 5 nitrogen and oxygen atoms in total. The molecule has 0 aliphatic rings. The van der Waals surface area contributed by atoms with Crippen LogP contribution in [0.5, 0.6) is 0 Å². The zero-order chi connectivity index (χ0) is 22.0. The van der Waals surface area contributed by atoms with E-state index < -0.39 is 23.6 Å². The summed E-state index contributed by atoms with van der Waals surface area (Å²) in [4.78, 5) is 24.0. The molecule has 6 heteroatoms. The molecule has 0 aromatic heterocycles. The number of nitrogens with two attached hydrogens (primary N) is 1. The van der Waals surface area contributed by atoms with Gasteiger partial charge in [-0.05, 0) is 50.2 Å². The Balaban J connectivity index is 1.96. The number of alkyl halides is 1. The lowest BCUT2D eigenvalue weighted by Crippen LogP contribution is -2.39. The summed E-state index contributed by atoms with van der Waals surface area (Å²) in [6, 6.07) is 19.2.